The van der Waals surface area contributed by atoms with Crippen LogP contribution in [-0.2, 0) is 9.47 Å². The molecular weight excluding hydrogens is 230 g/mol. The molecule has 5 heteroatoms. The van der Waals surface area contributed by atoms with Gasteiger partial charge in [0, 0.05) is 45.9 Å². The number of hydrogen-bond donors (Lipinski definition) is 1. The van der Waals surface area contributed by atoms with Gasteiger partial charge in [-0.2, -0.15) is 0 Å². The molecule has 18 heavy (non-hydrogen) atoms. The van der Waals surface area contributed by atoms with Crippen LogP contribution in [-0.4, -0.2) is 82.2 Å². The lowest BCUT2D eigenvalue weighted by molar-refractivity contribution is -0.0689. The van der Waals surface area contributed by atoms with E-state index in [1.807, 2.05) is 0 Å². The topological polar surface area (TPSA) is 37.0 Å². The zero-order chi connectivity index (χ0) is 13.4. The van der Waals surface area contributed by atoms with Crippen LogP contribution in [0, 0.1) is 0 Å². The highest BCUT2D eigenvalue weighted by atomic mass is 16.5. The van der Waals surface area contributed by atoms with Gasteiger partial charge in [0.25, 0.3) is 0 Å². The largest absolute Gasteiger partial charge is 0.379 e. The summed E-state index contributed by atoms with van der Waals surface area (Å²) in [5.41, 5.74) is 0. The summed E-state index contributed by atoms with van der Waals surface area (Å²) in [6.45, 7) is 11.5. The van der Waals surface area contributed by atoms with Crippen molar-refractivity contribution in [1.82, 2.24) is 15.1 Å². The Morgan fingerprint density at radius 3 is 2.39 bits per heavy atom. The standard InChI is InChI=1S/C7H15NO2.C6H14N2/c1-7(9-2)8-3-5-10-6-4-8;1-6-5-7-3-4-8(6)2/h7H,3-6H2,1-2H3;6-7H,3-5H2,1-2H3. The lowest BCUT2D eigenvalue weighted by Crippen LogP contribution is -2.47. The lowest BCUT2D eigenvalue weighted by atomic mass is 10.2. The second kappa shape index (κ2) is 8.82. The molecule has 2 atom stereocenters. The number of rotatable bonds is 2. The maximum absolute atomic E-state index is 5.20. The van der Waals surface area contributed by atoms with Crippen LogP contribution in [0.1, 0.15) is 13.8 Å². The summed E-state index contributed by atoms with van der Waals surface area (Å²) >= 11 is 0. The monoisotopic (exact) mass is 259 g/mol. The molecule has 0 bridgehead atoms. The van der Waals surface area contributed by atoms with E-state index in [2.05, 4.69) is 36.0 Å². The van der Waals surface area contributed by atoms with E-state index in [0.717, 1.165) is 45.4 Å². The molecule has 2 saturated heterocycles. The second-order valence-corrected chi connectivity index (χ2v) is 5.02. The molecule has 2 unspecified atom stereocenters. The first-order chi connectivity index (χ1) is 8.65. The number of piperazine rings is 1. The van der Waals surface area contributed by atoms with Gasteiger partial charge in [-0.25, -0.2) is 0 Å². The number of nitrogens with one attached hydrogen (secondary N) is 1. The van der Waals surface area contributed by atoms with E-state index in [9.17, 15) is 0 Å². The number of ether oxygens (including phenoxy) is 2. The van der Waals surface area contributed by atoms with Crippen LogP contribution in [0.15, 0.2) is 0 Å². The molecule has 2 heterocycles. The molecule has 5 nitrogen and oxygen atoms in total. The summed E-state index contributed by atoms with van der Waals surface area (Å²) in [6.07, 6.45) is 0.240. The third-order valence-electron chi connectivity index (χ3n) is 3.73. The fraction of sp³-hybridized carbons (Fsp3) is 1.00. The predicted octanol–water partition coefficient (Wildman–Crippen LogP) is 0.221. The van der Waals surface area contributed by atoms with E-state index in [0.29, 0.717) is 0 Å². The molecule has 0 aromatic carbocycles. The van der Waals surface area contributed by atoms with E-state index >= 15 is 0 Å². The van der Waals surface area contributed by atoms with Gasteiger partial charge in [0.15, 0.2) is 0 Å². The average molecular weight is 259 g/mol. The highest BCUT2D eigenvalue weighted by molar-refractivity contribution is 4.71. The van der Waals surface area contributed by atoms with Gasteiger partial charge in [0.1, 0.15) is 6.23 Å². The van der Waals surface area contributed by atoms with Crippen LogP contribution in [0.4, 0.5) is 0 Å². The quantitative estimate of drug-likeness (QED) is 0.768. The lowest BCUT2D eigenvalue weighted by Gasteiger charge is -2.30. The summed E-state index contributed by atoms with van der Waals surface area (Å²) in [6, 6.07) is 0.726. The van der Waals surface area contributed by atoms with Crippen LogP contribution in [0.5, 0.6) is 0 Å². The number of hydrogen-bond acceptors (Lipinski definition) is 5. The molecule has 0 aromatic heterocycles. The van der Waals surface area contributed by atoms with Gasteiger partial charge >= 0.3 is 0 Å². The molecule has 2 aliphatic heterocycles. The van der Waals surface area contributed by atoms with Crippen molar-refractivity contribution in [2.75, 3.05) is 60.1 Å². The molecule has 2 rings (SSSR count). The van der Waals surface area contributed by atoms with Crippen molar-refractivity contribution in [3.05, 3.63) is 0 Å². The summed E-state index contributed by atoms with van der Waals surface area (Å²) in [5, 5.41) is 3.32. The van der Waals surface area contributed by atoms with Crippen LogP contribution in [0.25, 0.3) is 0 Å². The Kier molecular flexibility index (Phi) is 7.77. The molecule has 0 aromatic rings. The molecule has 0 radical (unpaired) electrons. The third kappa shape index (κ3) is 5.63. The van der Waals surface area contributed by atoms with Crippen molar-refractivity contribution in [2.24, 2.45) is 0 Å². The summed E-state index contributed by atoms with van der Waals surface area (Å²) in [4.78, 5) is 4.64. The molecule has 0 spiro atoms. The molecular formula is C13H29N3O2. The predicted molar refractivity (Wildman–Crippen MR) is 73.8 cm³/mol. The minimum atomic E-state index is 0.240. The first-order valence-electron chi connectivity index (χ1n) is 6.90. The van der Waals surface area contributed by atoms with Gasteiger partial charge < -0.3 is 19.7 Å². The van der Waals surface area contributed by atoms with Crippen LogP contribution in [0.3, 0.4) is 0 Å². The molecule has 2 fully saturated rings. The zero-order valence-electron chi connectivity index (χ0n) is 12.3. The van der Waals surface area contributed by atoms with Crippen LogP contribution >= 0.6 is 0 Å². The van der Waals surface area contributed by atoms with Crippen molar-refractivity contribution >= 4 is 0 Å². The van der Waals surface area contributed by atoms with E-state index < -0.39 is 0 Å². The highest BCUT2D eigenvalue weighted by Crippen LogP contribution is 2.02. The van der Waals surface area contributed by atoms with Crippen molar-refractivity contribution in [1.29, 1.82) is 0 Å². The molecule has 108 valence electrons. The molecule has 0 saturated carbocycles. The SMILES string of the molecule is CC1CNCCN1C.COC(C)N1CCOCC1. The minimum Gasteiger partial charge on any atom is -0.379 e. The van der Waals surface area contributed by atoms with Crippen LogP contribution in [0.2, 0.25) is 0 Å². The van der Waals surface area contributed by atoms with Crippen molar-refractivity contribution < 1.29 is 9.47 Å². The van der Waals surface area contributed by atoms with Gasteiger partial charge in [-0.1, -0.05) is 0 Å². The Balaban J connectivity index is 0.000000184. The van der Waals surface area contributed by atoms with Crippen molar-refractivity contribution in [3.8, 4) is 0 Å². The molecule has 0 aliphatic carbocycles. The molecule has 1 N–H and O–H groups in total. The number of likely N-dealkylation sites (N-methyl/N-ethyl adjacent to an activating group) is 1. The van der Waals surface area contributed by atoms with E-state index in [1.54, 1.807) is 7.11 Å². The fourth-order valence-corrected chi connectivity index (χ4v) is 2.03. The average Bonchev–Trinajstić information content (AvgIpc) is 2.43. The summed E-state index contributed by atoms with van der Waals surface area (Å²) in [5.74, 6) is 0. The Morgan fingerprint density at radius 1 is 1.28 bits per heavy atom. The fourth-order valence-electron chi connectivity index (χ4n) is 2.03. The first kappa shape index (κ1) is 15.9. The van der Waals surface area contributed by atoms with Gasteiger partial charge in [0.05, 0.1) is 13.2 Å². The Labute approximate surface area is 111 Å². The summed E-state index contributed by atoms with van der Waals surface area (Å²) in [7, 11) is 3.91. The van der Waals surface area contributed by atoms with Gasteiger partial charge in [-0.15, -0.1) is 0 Å². The Bertz CT molecular complexity index is 200. The van der Waals surface area contributed by atoms with E-state index in [-0.39, 0.29) is 6.23 Å². The van der Waals surface area contributed by atoms with Gasteiger partial charge in [-0.05, 0) is 20.9 Å². The van der Waals surface area contributed by atoms with E-state index in [1.165, 1.54) is 6.54 Å². The van der Waals surface area contributed by atoms with Crippen molar-refractivity contribution in [3.63, 3.8) is 0 Å². The van der Waals surface area contributed by atoms with Crippen molar-refractivity contribution in [2.45, 2.75) is 26.1 Å². The van der Waals surface area contributed by atoms with Gasteiger partial charge in [-0.3, -0.25) is 4.90 Å². The number of morpholine rings is 1. The third-order valence-corrected chi connectivity index (χ3v) is 3.73. The zero-order valence-corrected chi connectivity index (χ0v) is 12.3. The minimum absolute atomic E-state index is 0.240. The maximum atomic E-state index is 5.20. The highest BCUT2D eigenvalue weighted by Gasteiger charge is 2.15. The Hall–Kier alpha value is -0.200. The van der Waals surface area contributed by atoms with Crippen LogP contribution < -0.4 is 5.32 Å². The normalized spacial score (nSPS) is 28.3. The smallest absolute Gasteiger partial charge is 0.107 e. The number of nitrogens with zero attached hydrogens (tertiary/aromatic N) is 2. The Morgan fingerprint density at radius 2 is 1.94 bits per heavy atom. The molecule has 0 amide bonds. The molecule has 2 aliphatic rings. The maximum Gasteiger partial charge on any atom is 0.107 e. The van der Waals surface area contributed by atoms with Gasteiger partial charge in [0.2, 0.25) is 0 Å². The number of methoxy groups -OCH3 is 1. The first-order valence-corrected chi connectivity index (χ1v) is 6.90. The van der Waals surface area contributed by atoms with E-state index in [4.69, 9.17) is 9.47 Å². The summed E-state index contributed by atoms with van der Waals surface area (Å²) < 4.78 is 10.4. The second-order valence-electron chi connectivity index (χ2n) is 5.02.